The Morgan fingerprint density at radius 1 is 1.00 bits per heavy atom. The van der Waals surface area contributed by atoms with E-state index >= 15 is 0 Å². The van der Waals surface area contributed by atoms with E-state index < -0.39 is 0 Å². The second-order valence-corrected chi connectivity index (χ2v) is 6.90. The van der Waals surface area contributed by atoms with Gasteiger partial charge in [-0.2, -0.15) is 37.9 Å². The Bertz CT molecular complexity index is 135. The monoisotopic (exact) mass is 252 g/mol. The van der Waals surface area contributed by atoms with Gasteiger partial charge in [-0.25, -0.2) is 0 Å². The van der Waals surface area contributed by atoms with Gasteiger partial charge in [-0.1, -0.05) is 19.8 Å². The van der Waals surface area contributed by atoms with Crippen molar-refractivity contribution in [2.24, 2.45) is 0 Å². The van der Waals surface area contributed by atoms with E-state index in [4.69, 9.17) is 0 Å². The third-order valence-corrected chi connectivity index (χ3v) is 5.02. The molecule has 1 rings (SSSR count). The summed E-state index contributed by atoms with van der Waals surface area (Å²) < 4.78 is 0.267. The molecule has 1 saturated carbocycles. The molecule has 14 heavy (non-hydrogen) atoms. The van der Waals surface area contributed by atoms with E-state index in [1.165, 1.54) is 32.1 Å². The second-order valence-electron chi connectivity index (χ2n) is 4.48. The molecule has 0 saturated heterocycles. The fraction of sp³-hybridized carbons (Fsp3) is 1.00. The van der Waals surface area contributed by atoms with Crippen LogP contribution < -0.4 is 0 Å². The highest BCUT2D eigenvalue weighted by molar-refractivity contribution is 7.86. The molecule has 0 aromatic rings. The SMILES string of the molecule is CC1(S)CCCCC1(C)S.CCCS. The molecule has 0 aliphatic heterocycles. The van der Waals surface area contributed by atoms with Gasteiger partial charge in [0.2, 0.25) is 0 Å². The van der Waals surface area contributed by atoms with Crippen molar-refractivity contribution in [1.82, 2.24) is 0 Å². The van der Waals surface area contributed by atoms with E-state index in [-0.39, 0.29) is 9.49 Å². The standard InChI is InChI=1S/C8H16S2.C3H8S/c1-7(9)5-3-4-6-8(7,2)10;1-2-3-4/h9-10H,3-6H2,1-2H3;4H,2-3H2,1H3. The Morgan fingerprint density at radius 2 is 1.29 bits per heavy atom. The molecule has 2 atom stereocenters. The number of hydrogen-bond donors (Lipinski definition) is 3. The quantitative estimate of drug-likeness (QED) is 0.571. The average molecular weight is 253 g/mol. The van der Waals surface area contributed by atoms with Crippen molar-refractivity contribution in [2.75, 3.05) is 5.75 Å². The van der Waals surface area contributed by atoms with E-state index in [0.29, 0.717) is 0 Å². The summed E-state index contributed by atoms with van der Waals surface area (Å²) in [6.07, 6.45) is 6.22. The van der Waals surface area contributed by atoms with E-state index in [1.54, 1.807) is 0 Å². The predicted molar refractivity (Wildman–Crippen MR) is 77.4 cm³/mol. The predicted octanol–water partition coefficient (Wildman–Crippen LogP) is 4.26. The van der Waals surface area contributed by atoms with Crippen LogP contribution in [-0.4, -0.2) is 15.2 Å². The molecule has 1 aliphatic carbocycles. The van der Waals surface area contributed by atoms with Gasteiger partial charge < -0.3 is 0 Å². The first-order valence-electron chi connectivity index (χ1n) is 5.43. The lowest BCUT2D eigenvalue weighted by molar-refractivity contribution is 0.352. The van der Waals surface area contributed by atoms with Gasteiger partial charge in [0.25, 0.3) is 0 Å². The fourth-order valence-corrected chi connectivity index (χ4v) is 2.02. The van der Waals surface area contributed by atoms with Crippen molar-refractivity contribution in [2.45, 2.75) is 62.4 Å². The van der Waals surface area contributed by atoms with Crippen LogP contribution in [0.1, 0.15) is 52.9 Å². The molecule has 2 unspecified atom stereocenters. The zero-order chi connectivity index (χ0) is 11.2. The van der Waals surface area contributed by atoms with Crippen LogP contribution in [0.5, 0.6) is 0 Å². The van der Waals surface area contributed by atoms with E-state index in [0.717, 1.165) is 5.75 Å². The summed E-state index contributed by atoms with van der Waals surface area (Å²) in [6.45, 7) is 6.50. The lowest BCUT2D eigenvalue weighted by atomic mass is 9.80. The highest BCUT2D eigenvalue weighted by atomic mass is 32.1. The van der Waals surface area contributed by atoms with Crippen LogP contribution in [0.15, 0.2) is 0 Å². The minimum atomic E-state index is 0.133. The van der Waals surface area contributed by atoms with Gasteiger partial charge in [0, 0.05) is 9.49 Å². The zero-order valence-electron chi connectivity index (χ0n) is 9.58. The van der Waals surface area contributed by atoms with Gasteiger partial charge in [0.1, 0.15) is 0 Å². The summed E-state index contributed by atoms with van der Waals surface area (Å²) >= 11 is 13.2. The average Bonchev–Trinajstić information content (AvgIpc) is 2.11. The molecule has 0 spiro atoms. The Hall–Kier alpha value is 1.05. The summed E-state index contributed by atoms with van der Waals surface area (Å²) in [6, 6.07) is 0. The second kappa shape index (κ2) is 6.59. The lowest BCUT2D eigenvalue weighted by Gasteiger charge is -2.43. The third-order valence-electron chi connectivity index (χ3n) is 2.96. The van der Waals surface area contributed by atoms with Gasteiger partial charge in [-0.15, -0.1) is 0 Å². The molecule has 0 aromatic heterocycles. The Kier molecular flexibility index (Phi) is 7.09. The van der Waals surface area contributed by atoms with Crippen molar-refractivity contribution in [3.8, 4) is 0 Å². The Morgan fingerprint density at radius 3 is 1.43 bits per heavy atom. The molecule has 0 N–H and O–H groups in total. The normalized spacial score (nSPS) is 37.3. The summed E-state index contributed by atoms with van der Waals surface area (Å²) in [5, 5.41) is 0. The third kappa shape index (κ3) is 4.71. The number of hydrogen-bond acceptors (Lipinski definition) is 3. The summed E-state index contributed by atoms with van der Waals surface area (Å²) in [5.41, 5.74) is 0. The molecule has 1 aliphatic rings. The van der Waals surface area contributed by atoms with Gasteiger partial charge >= 0.3 is 0 Å². The van der Waals surface area contributed by atoms with Gasteiger partial charge in [0.05, 0.1) is 0 Å². The smallest absolute Gasteiger partial charge is 0.0243 e. The zero-order valence-corrected chi connectivity index (χ0v) is 12.3. The lowest BCUT2D eigenvalue weighted by Crippen LogP contribution is -2.43. The maximum atomic E-state index is 4.62. The van der Waals surface area contributed by atoms with Crippen LogP contribution in [-0.2, 0) is 0 Å². The van der Waals surface area contributed by atoms with Crippen LogP contribution >= 0.6 is 37.9 Å². The summed E-state index contributed by atoms with van der Waals surface area (Å²) in [7, 11) is 0. The first-order chi connectivity index (χ1) is 6.37. The van der Waals surface area contributed by atoms with E-state index in [9.17, 15) is 0 Å². The molecule has 3 heteroatoms. The largest absolute Gasteiger partial charge is 0.179 e. The first-order valence-corrected chi connectivity index (χ1v) is 6.95. The van der Waals surface area contributed by atoms with Crippen molar-refractivity contribution in [3.05, 3.63) is 0 Å². The highest BCUT2D eigenvalue weighted by Gasteiger charge is 2.40. The summed E-state index contributed by atoms with van der Waals surface area (Å²) in [4.78, 5) is 0. The Labute approximate surface area is 106 Å². The molecular formula is C11H24S3. The molecule has 86 valence electrons. The van der Waals surface area contributed by atoms with Gasteiger partial charge in [-0.3, -0.25) is 0 Å². The number of rotatable bonds is 1. The van der Waals surface area contributed by atoms with E-state index in [2.05, 4.69) is 58.7 Å². The Balaban J connectivity index is 0.000000364. The van der Waals surface area contributed by atoms with Gasteiger partial charge in [-0.05, 0) is 38.9 Å². The molecule has 0 amide bonds. The molecular weight excluding hydrogens is 228 g/mol. The van der Waals surface area contributed by atoms with Crippen LogP contribution in [0.25, 0.3) is 0 Å². The fourth-order valence-electron chi connectivity index (χ4n) is 1.48. The van der Waals surface area contributed by atoms with Gasteiger partial charge in [0.15, 0.2) is 0 Å². The molecule has 0 aromatic carbocycles. The maximum Gasteiger partial charge on any atom is 0.0243 e. The van der Waals surface area contributed by atoms with Crippen molar-refractivity contribution in [1.29, 1.82) is 0 Å². The molecule has 0 nitrogen and oxygen atoms in total. The van der Waals surface area contributed by atoms with Crippen LogP contribution in [0, 0.1) is 0 Å². The van der Waals surface area contributed by atoms with Crippen LogP contribution in [0.2, 0.25) is 0 Å². The minimum absolute atomic E-state index is 0.133. The number of thiol groups is 3. The van der Waals surface area contributed by atoms with Crippen LogP contribution in [0.4, 0.5) is 0 Å². The summed E-state index contributed by atoms with van der Waals surface area (Å²) in [5.74, 6) is 1.01. The maximum absolute atomic E-state index is 4.62. The van der Waals surface area contributed by atoms with E-state index in [1.807, 2.05) is 0 Å². The van der Waals surface area contributed by atoms with Crippen molar-refractivity contribution < 1.29 is 0 Å². The molecule has 1 fully saturated rings. The van der Waals surface area contributed by atoms with Crippen LogP contribution in [0.3, 0.4) is 0 Å². The first kappa shape index (κ1) is 15.0. The highest BCUT2D eigenvalue weighted by Crippen LogP contribution is 2.45. The molecule has 0 heterocycles. The van der Waals surface area contributed by atoms with Crippen molar-refractivity contribution in [3.63, 3.8) is 0 Å². The molecule has 0 bridgehead atoms. The van der Waals surface area contributed by atoms with Crippen molar-refractivity contribution >= 4 is 37.9 Å². The molecule has 0 radical (unpaired) electrons. The minimum Gasteiger partial charge on any atom is -0.179 e. The topological polar surface area (TPSA) is 0 Å².